The van der Waals surface area contributed by atoms with Crippen molar-refractivity contribution >= 4 is 21.7 Å². The lowest BCUT2D eigenvalue weighted by molar-refractivity contribution is 1.21. The molecule has 0 fully saturated rings. The van der Waals surface area contributed by atoms with E-state index < -0.39 is 5.56 Å². The fourth-order valence-electron chi connectivity index (χ4n) is 2.01. The Morgan fingerprint density at radius 2 is 1.85 bits per heavy atom. The maximum Gasteiger partial charge on any atom is 0.268 e. The first-order valence-corrected chi connectivity index (χ1v) is 6.40. The van der Waals surface area contributed by atoms with Crippen LogP contribution in [0.4, 0.5) is 5.82 Å². The number of nitrogens with zero attached hydrogens (tertiary/aromatic N) is 2. The van der Waals surface area contributed by atoms with Gasteiger partial charge < -0.3 is 10.7 Å². The van der Waals surface area contributed by atoms with Crippen LogP contribution in [0.1, 0.15) is 16.7 Å². The summed E-state index contributed by atoms with van der Waals surface area (Å²) in [6, 6.07) is 9.20. The number of aryl methyl sites for hydroxylation is 1. The lowest BCUT2D eigenvalue weighted by Gasteiger charge is -2.10. The number of anilines is 1. The van der Waals surface area contributed by atoms with Crippen LogP contribution in [0.2, 0.25) is 0 Å². The molecule has 1 heterocycles. The molecule has 3 N–H and O–H groups in total. The zero-order valence-electron chi connectivity index (χ0n) is 10.5. The predicted octanol–water partition coefficient (Wildman–Crippen LogP) is 2.44. The van der Waals surface area contributed by atoms with Gasteiger partial charge >= 0.3 is 0 Å². The summed E-state index contributed by atoms with van der Waals surface area (Å²) in [5, 5.41) is 18.4. The molecule has 1 aromatic heterocycles. The number of aromatic nitrogens is 1. The average molecular weight is 329 g/mol. The number of benzene rings is 1. The van der Waals surface area contributed by atoms with E-state index in [0.717, 1.165) is 10.0 Å². The van der Waals surface area contributed by atoms with Crippen LogP contribution in [0.3, 0.4) is 0 Å². The van der Waals surface area contributed by atoms with Crippen molar-refractivity contribution in [3.05, 3.63) is 49.7 Å². The Morgan fingerprint density at radius 1 is 1.20 bits per heavy atom. The molecule has 5 nitrogen and oxygen atoms in total. The third-order valence-corrected chi connectivity index (χ3v) is 3.26. The minimum Gasteiger partial charge on any atom is -0.384 e. The molecule has 0 unspecified atom stereocenters. The molecule has 0 spiro atoms. The van der Waals surface area contributed by atoms with Crippen LogP contribution in [-0.4, -0.2) is 4.98 Å². The number of nitrogens with two attached hydrogens (primary N) is 1. The number of nitrogens with one attached hydrogen (secondary N) is 1. The molecule has 0 aliphatic rings. The van der Waals surface area contributed by atoms with Crippen molar-refractivity contribution in [2.24, 2.45) is 0 Å². The van der Waals surface area contributed by atoms with Gasteiger partial charge in [-0.1, -0.05) is 22.0 Å². The van der Waals surface area contributed by atoms with Gasteiger partial charge in [-0.05, 0) is 30.2 Å². The summed E-state index contributed by atoms with van der Waals surface area (Å²) in [4.78, 5) is 14.1. The Labute approximate surface area is 123 Å². The van der Waals surface area contributed by atoms with Crippen molar-refractivity contribution < 1.29 is 0 Å². The van der Waals surface area contributed by atoms with Crippen molar-refractivity contribution in [2.75, 3.05) is 5.73 Å². The van der Waals surface area contributed by atoms with Crippen LogP contribution in [0.5, 0.6) is 0 Å². The quantitative estimate of drug-likeness (QED) is 0.838. The van der Waals surface area contributed by atoms with E-state index in [-0.39, 0.29) is 22.5 Å². The van der Waals surface area contributed by atoms with Gasteiger partial charge in [0.05, 0.1) is 0 Å². The van der Waals surface area contributed by atoms with Crippen molar-refractivity contribution in [3.63, 3.8) is 0 Å². The van der Waals surface area contributed by atoms with E-state index in [4.69, 9.17) is 5.73 Å². The number of nitrogen functional groups attached to an aromatic ring is 1. The van der Waals surface area contributed by atoms with Gasteiger partial charge in [0.25, 0.3) is 5.56 Å². The summed E-state index contributed by atoms with van der Waals surface area (Å²) in [5.74, 6) is -0.0378. The van der Waals surface area contributed by atoms with Crippen molar-refractivity contribution in [1.29, 1.82) is 10.5 Å². The summed E-state index contributed by atoms with van der Waals surface area (Å²) in [5.41, 5.74) is 6.84. The number of nitriles is 2. The first kappa shape index (κ1) is 13.9. The minimum absolute atomic E-state index is 0.0378. The van der Waals surface area contributed by atoms with E-state index in [1.165, 1.54) is 0 Å². The monoisotopic (exact) mass is 328 g/mol. The van der Waals surface area contributed by atoms with Gasteiger partial charge in [-0.2, -0.15) is 10.5 Å². The number of rotatable bonds is 1. The molecule has 0 amide bonds. The van der Waals surface area contributed by atoms with E-state index in [1.807, 2.05) is 25.1 Å². The standard InChI is InChI=1S/C14H9BrN4O/c1-7-2-8(4-9(15)3-7)12-10(5-16)13(18)19-14(20)11(12)6-17/h2-4H,1H3,(H3,18,19,20). The fraction of sp³-hybridized carbons (Fsp3) is 0.0714. The van der Waals surface area contributed by atoms with E-state index in [9.17, 15) is 15.3 Å². The molecule has 0 bridgehead atoms. The third kappa shape index (κ3) is 2.29. The topological polar surface area (TPSA) is 106 Å². The van der Waals surface area contributed by atoms with Crippen LogP contribution in [0.15, 0.2) is 27.5 Å². The zero-order valence-corrected chi connectivity index (χ0v) is 12.1. The maximum atomic E-state index is 11.8. The molecule has 0 aliphatic heterocycles. The molecule has 20 heavy (non-hydrogen) atoms. The zero-order chi connectivity index (χ0) is 14.9. The minimum atomic E-state index is -0.600. The smallest absolute Gasteiger partial charge is 0.268 e. The van der Waals surface area contributed by atoms with Crippen LogP contribution in [0.25, 0.3) is 11.1 Å². The molecule has 2 aromatic rings. The van der Waals surface area contributed by atoms with Gasteiger partial charge in [0.15, 0.2) is 0 Å². The molecule has 2 rings (SSSR count). The Kier molecular flexibility index (Phi) is 3.60. The summed E-state index contributed by atoms with van der Waals surface area (Å²) < 4.78 is 0.791. The number of halogens is 1. The Balaban J connectivity index is 2.96. The van der Waals surface area contributed by atoms with Gasteiger partial charge in [-0.3, -0.25) is 4.79 Å². The van der Waals surface area contributed by atoms with Gasteiger partial charge in [0.1, 0.15) is 29.1 Å². The second-order valence-electron chi connectivity index (χ2n) is 4.23. The number of hydrogen-bond acceptors (Lipinski definition) is 4. The van der Waals surface area contributed by atoms with Gasteiger partial charge in [-0.25, -0.2) is 0 Å². The number of pyridine rings is 1. The van der Waals surface area contributed by atoms with E-state index in [0.29, 0.717) is 5.56 Å². The van der Waals surface area contributed by atoms with Crippen LogP contribution >= 0.6 is 15.9 Å². The molecule has 1 aromatic carbocycles. The summed E-state index contributed by atoms with van der Waals surface area (Å²) in [7, 11) is 0. The second-order valence-corrected chi connectivity index (χ2v) is 5.15. The van der Waals surface area contributed by atoms with Gasteiger partial charge in [0, 0.05) is 10.0 Å². The van der Waals surface area contributed by atoms with Crippen molar-refractivity contribution in [2.45, 2.75) is 6.92 Å². The summed E-state index contributed by atoms with van der Waals surface area (Å²) in [6.07, 6.45) is 0. The van der Waals surface area contributed by atoms with Crippen LogP contribution in [-0.2, 0) is 0 Å². The first-order valence-electron chi connectivity index (χ1n) is 5.61. The molecule has 98 valence electrons. The highest BCUT2D eigenvalue weighted by molar-refractivity contribution is 9.10. The average Bonchev–Trinajstić information content (AvgIpc) is 2.36. The fourth-order valence-corrected chi connectivity index (χ4v) is 2.62. The molecule has 6 heteroatoms. The molecule has 0 saturated heterocycles. The first-order chi connectivity index (χ1) is 9.47. The number of H-pyrrole nitrogens is 1. The van der Waals surface area contributed by atoms with E-state index in [2.05, 4.69) is 20.9 Å². The van der Waals surface area contributed by atoms with Crippen molar-refractivity contribution in [3.8, 4) is 23.3 Å². The molecule has 0 saturated carbocycles. The molecule has 0 aliphatic carbocycles. The summed E-state index contributed by atoms with van der Waals surface area (Å²) >= 11 is 3.36. The molecule has 0 atom stereocenters. The van der Waals surface area contributed by atoms with Crippen LogP contribution in [0, 0.1) is 29.6 Å². The Morgan fingerprint density at radius 3 is 2.40 bits per heavy atom. The highest BCUT2D eigenvalue weighted by Gasteiger charge is 2.18. The SMILES string of the molecule is Cc1cc(Br)cc(-c2c(C#N)c(N)[nH]c(=O)c2C#N)c1. The Hall–Kier alpha value is -2.57. The predicted molar refractivity (Wildman–Crippen MR) is 78.8 cm³/mol. The lowest BCUT2D eigenvalue weighted by atomic mass is 9.95. The van der Waals surface area contributed by atoms with Crippen LogP contribution < -0.4 is 11.3 Å². The van der Waals surface area contributed by atoms with Crippen molar-refractivity contribution in [1.82, 2.24) is 4.98 Å². The van der Waals surface area contributed by atoms with Gasteiger partial charge in [-0.15, -0.1) is 0 Å². The van der Waals surface area contributed by atoms with E-state index >= 15 is 0 Å². The molecular formula is C14H9BrN4O. The van der Waals surface area contributed by atoms with Gasteiger partial charge in [0.2, 0.25) is 0 Å². The maximum absolute atomic E-state index is 11.8. The number of aromatic amines is 1. The Bertz CT molecular complexity index is 820. The van der Waals surface area contributed by atoms with E-state index in [1.54, 1.807) is 12.1 Å². The lowest BCUT2D eigenvalue weighted by Crippen LogP contribution is -2.16. The highest BCUT2D eigenvalue weighted by atomic mass is 79.9. The normalized spacial score (nSPS) is 9.80. The summed E-state index contributed by atoms with van der Waals surface area (Å²) in [6.45, 7) is 1.88. The largest absolute Gasteiger partial charge is 0.384 e. The number of hydrogen-bond donors (Lipinski definition) is 2. The molecule has 0 radical (unpaired) electrons. The third-order valence-electron chi connectivity index (χ3n) is 2.80. The second kappa shape index (κ2) is 5.20. The molecular weight excluding hydrogens is 320 g/mol. The highest BCUT2D eigenvalue weighted by Crippen LogP contribution is 2.30.